The predicted octanol–water partition coefficient (Wildman–Crippen LogP) is 4.58. The summed E-state index contributed by atoms with van der Waals surface area (Å²) in [6, 6.07) is 6.30. The lowest BCUT2D eigenvalue weighted by molar-refractivity contribution is 0.498. The van der Waals surface area contributed by atoms with Crippen LogP contribution in [0.5, 0.6) is 0 Å². The molecule has 1 heterocycles. The van der Waals surface area contributed by atoms with E-state index in [-0.39, 0.29) is 0 Å². The SMILES string of the molecule is Cc1ccc(Br)cc1-c1nc(C(CN)C(C)C)cs1. The van der Waals surface area contributed by atoms with Gasteiger partial charge in [0, 0.05) is 27.9 Å². The topological polar surface area (TPSA) is 38.9 Å². The van der Waals surface area contributed by atoms with Gasteiger partial charge in [0.25, 0.3) is 0 Å². The van der Waals surface area contributed by atoms with Crippen LogP contribution < -0.4 is 5.73 Å². The van der Waals surface area contributed by atoms with Crippen LogP contribution in [-0.2, 0) is 0 Å². The molecule has 102 valence electrons. The Bertz CT molecular complexity index is 563. The molecular weight excluding hydrogens is 320 g/mol. The summed E-state index contributed by atoms with van der Waals surface area (Å²) in [5.41, 5.74) is 9.43. The molecule has 1 aromatic heterocycles. The quantitative estimate of drug-likeness (QED) is 0.886. The highest BCUT2D eigenvalue weighted by Crippen LogP contribution is 2.32. The van der Waals surface area contributed by atoms with E-state index in [9.17, 15) is 0 Å². The number of nitrogens with zero attached hydrogens (tertiary/aromatic N) is 1. The summed E-state index contributed by atoms with van der Waals surface area (Å²) in [7, 11) is 0. The Morgan fingerprint density at radius 2 is 2.11 bits per heavy atom. The second-order valence-corrected chi connectivity index (χ2v) is 6.90. The van der Waals surface area contributed by atoms with Crippen LogP contribution in [-0.4, -0.2) is 11.5 Å². The lowest BCUT2D eigenvalue weighted by atomic mass is 9.93. The minimum absolute atomic E-state index is 0.345. The van der Waals surface area contributed by atoms with Gasteiger partial charge in [-0.1, -0.05) is 35.8 Å². The molecular formula is C15H19BrN2S. The van der Waals surface area contributed by atoms with Crippen molar-refractivity contribution >= 4 is 27.3 Å². The zero-order chi connectivity index (χ0) is 14.0. The normalized spacial score (nSPS) is 12.9. The molecule has 2 rings (SSSR count). The average molecular weight is 339 g/mol. The zero-order valence-electron chi connectivity index (χ0n) is 11.5. The molecule has 0 radical (unpaired) electrons. The second-order valence-electron chi connectivity index (χ2n) is 5.12. The Morgan fingerprint density at radius 3 is 2.74 bits per heavy atom. The monoisotopic (exact) mass is 338 g/mol. The van der Waals surface area contributed by atoms with Crippen LogP contribution in [0.3, 0.4) is 0 Å². The molecule has 2 N–H and O–H groups in total. The van der Waals surface area contributed by atoms with Crippen molar-refractivity contribution in [3.8, 4) is 10.6 Å². The summed E-state index contributed by atoms with van der Waals surface area (Å²) in [5.74, 6) is 0.862. The van der Waals surface area contributed by atoms with Gasteiger partial charge in [0.2, 0.25) is 0 Å². The van der Waals surface area contributed by atoms with Gasteiger partial charge in [-0.3, -0.25) is 0 Å². The standard InChI is InChI=1S/C15H19BrN2S/c1-9(2)13(7-17)14-8-19-15(18-14)12-6-11(16)5-4-10(12)3/h4-6,8-9,13H,7,17H2,1-3H3. The van der Waals surface area contributed by atoms with E-state index in [1.807, 2.05) is 0 Å². The number of hydrogen-bond acceptors (Lipinski definition) is 3. The fourth-order valence-corrected chi connectivity index (χ4v) is 3.47. The molecule has 1 atom stereocenters. The Kier molecular flexibility index (Phi) is 4.76. The molecule has 0 saturated heterocycles. The van der Waals surface area contributed by atoms with Gasteiger partial charge in [-0.2, -0.15) is 0 Å². The first kappa shape index (κ1) is 14.7. The van der Waals surface area contributed by atoms with E-state index in [1.165, 1.54) is 11.1 Å². The van der Waals surface area contributed by atoms with Gasteiger partial charge in [0.1, 0.15) is 5.01 Å². The number of halogens is 1. The van der Waals surface area contributed by atoms with E-state index in [2.05, 4.69) is 60.3 Å². The summed E-state index contributed by atoms with van der Waals surface area (Å²) >= 11 is 5.22. The highest BCUT2D eigenvalue weighted by molar-refractivity contribution is 9.10. The van der Waals surface area contributed by atoms with E-state index in [0.717, 1.165) is 15.2 Å². The smallest absolute Gasteiger partial charge is 0.123 e. The Labute approximate surface area is 127 Å². The summed E-state index contributed by atoms with van der Waals surface area (Å²) in [6.07, 6.45) is 0. The van der Waals surface area contributed by atoms with Crippen molar-refractivity contribution in [3.63, 3.8) is 0 Å². The lowest BCUT2D eigenvalue weighted by Crippen LogP contribution is -2.18. The molecule has 0 spiro atoms. The third kappa shape index (κ3) is 3.25. The van der Waals surface area contributed by atoms with Crippen LogP contribution >= 0.6 is 27.3 Å². The summed E-state index contributed by atoms with van der Waals surface area (Å²) in [6.45, 7) is 7.16. The molecule has 0 amide bonds. The number of aromatic nitrogens is 1. The average Bonchev–Trinajstić information content (AvgIpc) is 2.82. The Hall–Kier alpha value is -0.710. The molecule has 0 saturated carbocycles. The third-order valence-corrected chi connectivity index (χ3v) is 4.78. The number of aryl methyl sites for hydroxylation is 1. The molecule has 2 aromatic rings. The van der Waals surface area contributed by atoms with Crippen molar-refractivity contribution in [2.75, 3.05) is 6.54 Å². The van der Waals surface area contributed by atoms with Gasteiger partial charge in [-0.15, -0.1) is 11.3 Å². The summed E-state index contributed by atoms with van der Waals surface area (Å²) in [4.78, 5) is 4.79. The number of nitrogens with two attached hydrogens (primary N) is 1. The zero-order valence-corrected chi connectivity index (χ0v) is 13.9. The molecule has 1 aromatic carbocycles. The third-order valence-electron chi connectivity index (χ3n) is 3.39. The number of benzene rings is 1. The minimum Gasteiger partial charge on any atom is -0.330 e. The molecule has 19 heavy (non-hydrogen) atoms. The largest absolute Gasteiger partial charge is 0.330 e. The van der Waals surface area contributed by atoms with E-state index in [0.29, 0.717) is 18.4 Å². The van der Waals surface area contributed by atoms with Crippen molar-refractivity contribution < 1.29 is 0 Å². The maximum Gasteiger partial charge on any atom is 0.123 e. The maximum atomic E-state index is 5.86. The number of hydrogen-bond donors (Lipinski definition) is 1. The van der Waals surface area contributed by atoms with Crippen LogP contribution in [0.4, 0.5) is 0 Å². The second kappa shape index (κ2) is 6.16. The predicted molar refractivity (Wildman–Crippen MR) is 86.6 cm³/mol. The molecule has 4 heteroatoms. The van der Waals surface area contributed by atoms with Gasteiger partial charge in [0.05, 0.1) is 5.69 Å². The Balaban J connectivity index is 2.38. The van der Waals surface area contributed by atoms with E-state index in [4.69, 9.17) is 10.7 Å². The summed E-state index contributed by atoms with van der Waals surface area (Å²) in [5, 5.41) is 3.22. The maximum absolute atomic E-state index is 5.86. The van der Waals surface area contributed by atoms with Crippen LogP contribution in [0.1, 0.15) is 31.0 Å². The molecule has 0 bridgehead atoms. The fourth-order valence-electron chi connectivity index (χ4n) is 2.14. The van der Waals surface area contributed by atoms with E-state index < -0.39 is 0 Å². The highest BCUT2D eigenvalue weighted by atomic mass is 79.9. The van der Waals surface area contributed by atoms with Gasteiger partial charge in [0.15, 0.2) is 0 Å². The first-order chi connectivity index (χ1) is 9.02. The van der Waals surface area contributed by atoms with E-state index >= 15 is 0 Å². The first-order valence-corrected chi connectivity index (χ1v) is 8.12. The number of rotatable bonds is 4. The van der Waals surface area contributed by atoms with Crippen molar-refractivity contribution in [1.82, 2.24) is 4.98 Å². The van der Waals surface area contributed by atoms with Crippen LogP contribution in [0, 0.1) is 12.8 Å². The van der Waals surface area contributed by atoms with Gasteiger partial charge < -0.3 is 5.73 Å². The van der Waals surface area contributed by atoms with Crippen molar-refractivity contribution in [2.45, 2.75) is 26.7 Å². The van der Waals surface area contributed by atoms with Crippen molar-refractivity contribution in [2.24, 2.45) is 11.7 Å². The molecule has 0 fully saturated rings. The van der Waals surface area contributed by atoms with Gasteiger partial charge in [-0.25, -0.2) is 4.98 Å². The minimum atomic E-state index is 0.345. The fraction of sp³-hybridized carbons (Fsp3) is 0.400. The molecule has 0 aliphatic rings. The lowest BCUT2D eigenvalue weighted by Gasteiger charge is -2.16. The highest BCUT2D eigenvalue weighted by Gasteiger charge is 2.18. The summed E-state index contributed by atoms with van der Waals surface area (Å²) < 4.78 is 1.09. The first-order valence-electron chi connectivity index (χ1n) is 6.45. The Morgan fingerprint density at radius 1 is 1.37 bits per heavy atom. The van der Waals surface area contributed by atoms with Crippen LogP contribution in [0.25, 0.3) is 10.6 Å². The van der Waals surface area contributed by atoms with Crippen LogP contribution in [0.2, 0.25) is 0 Å². The van der Waals surface area contributed by atoms with Gasteiger partial charge in [-0.05, 0) is 30.5 Å². The molecule has 1 unspecified atom stereocenters. The van der Waals surface area contributed by atoms with E-state index in [1.54, 1.807) is 11.3 Å². The van der Waals surface area contributed by atoms with Crippen LogP contribution in [0.15, 0.2) is 28.1 Å². The molecule has 0 aliphatic carbocycles. The molecule has 0 aliphatic heterocycles. The van der Waals surface area contributed by atoms with Crippen molar-refractivity contribution in [3.05, 3.63) is 39.3 Å². The number of thiazole rings is 1. The van der Waals surface area contributed by atoms with Gasteiger partial charge >= 0.3 is 0 Å². The van der Waals surface area contributed by atoms with Crippen molar-refractivity contribution in [1.29, 1.82) is 0 Å². The molecule has 2 nitrogen and oxygen atoms in total.